The van der Waals surface area contributed by atoms with Crippen molar-refractivity contribution >= 4 is 45.7 Å². The van der Waals surface area contributed by atoms with Gasteiger partial charge in [0.2, 0.25) is 5.13 Å². The molecule has 0 aliphatic carbocycles. The van der Waals surface area contributed by atoms with Gasteiger partial charge in [0.15, 0.2) is 15.8 Å². The Bertz CT molecular complexity index is 1690. The van der Waals surface area contributed by atoms with Crippen molar-refractivity contribution < 1.29 is 28.9 Å². The fourth-order valence-electron chi connectivity index (χ4n) is 4.86. The van der Waals surface area contributed by atoms with Crippen molar-refractivity contribution in [2.45, 2.75) is 49.7 Å². The minimum atomic E-state index is -0.988. The first kappa shape index (κ1) is 32.1. The number of rotatable bonds is 13. The number of unbranched alkanes of at least 4 members (excludes halogenated alkanes) is 1. The number of aromatic nitrogens is 2. The summed E-state index contributed by atoms with van der Waals surface area (Å²) in [7, 11) is 1.52. The molecule has 234 valence electrons. The topological polar surface area (TPSA) is 111 Å². The summed E-state index contributed by atoms with van der Waals surface area (Å²) in [5.74, 6) is 0.346. The highest BCUT2D eigenvalue weighted by Gasteiger charge is 2.48. The normalized spacial score (nSPS) is 15.8. The number of amides is 1. The van der Waals surface area contributed by atoms with Gasteiger partial charge in [-0.15, -0.1) is 10.2 Å². The van der Waals surface area contributed by atoms with Gasteiger partial charge >= 0.3 is 5.91 Å². The minimum absolute atomic E-state index is 0.0603. The van der Waals surface area contributed by atoms with E-state index in [0.29, 0.717) is 51.7 Å². The van der Waals surface area contributed by atoms with Crippen LogP contribution in [-0.2, 0) is 15.3 Å². The molecule has 0 spiro atoms. The number of anilines is 1. The second-order valence-electron chi connectivity index (χ2n) is 10.4. The predicted molar refractivity (Wildman–Crippen MR) is 176 cm³/mol. The van der Waals surface area contributed by atoms with Crippen molar-refractivity contribution in [2.75, 3.05) is 25.2 Å². The number of aliphatic hydroxyl groups is 1. The van der Waals surface area contributed by atoms with Crippen LogP contribution in [0.25, 0.3) is 5.76 Å². The molecule has 0 saturated carbocycles. The Kier molecular flexibility index (Phi) is 10.4. The number of carbonyl (C=O) groups is 2. The smallest absolute Gasteiger partial charge is 0.301 e. The quantitative estimate of drug-likeness (QED) is 0.0398. The molecule has 1 amide bonds. The maximum absolute atomic E-state index is 13.7. The van der Waals surface area contributed by atoms with E-state index in [9.17, 15) is 14.7 Å². The Morgan fingerprint density at radius 2 is 1.73 bits per heavy atom. The van der Waals surface area contributed by atoms with Gasteiger partial charge in [0, 0.05) is 11.3 Å². The molecule has 1 N–H and O–H groups in total. The number of ether oxygens (including phenoxy) is 3. The Hall–Kier alpha value is -4.35. The Morgan fingerprint density at radius 1 is 0.978 bits per heavy atom. The fraction of sp³-hybridized carbons (Fsp3) is 0.294. The summed E-state index contributed by atoms with van der Waals surface area (Å²) in [5, 5.41) is 20.4. The molecule has 11 heteroatoms. The number of thioether (sulfide) groups is 1. The van der Waals surface area contributed by atoms with E-state index in [4.69, 9.17) is 14.2 Å². The predicted octanol–water partition coefficient (Wildman–Crippen LogP) is 7.35. The number of ketones is 1. The van der Waals surface area contributed by atoms with Crippen molar-refractivity contribution in [1.29, 1.82) is 0 Å². The summed E-state index contributed by atoms with van der Waals surface area (Å²) in [4.78, 5) is 28.6. The second kappa shape index (κ2) is 14.6. The van der Waals surface area contributed by atoms with Crippen LogP contribution in [0.1, 0.15) is 55.0 Å². The van der Waals surface area contributed by atoms with Gasteiger partial charge in [-0.3, -0.25) is 14.5 Å². The number of carbonyl (C=O) groups excluding carboxylic acids is 2. The molecule has 0 bridgehead atoms. The van der Waals surface area contributed by atoms with Gasteiger partial charge in [-0.2, -0.15) is 0 Å². The maximum Gasteiger partial charge on any atom is 0.301 e. The molecule has 1 saturated heterocycles. The summed E-state index contributed by atoms with van der Waals surface area (Å²) in [5.41, 5.74) is 3.17. The number of Topliss-reactive ketones (excluding diaryl/α,β-unsaturated/α-hetero) is 1. The van der Waals surface area contributed by atoms with Crippen LogP contribution in [-0.4, -0.2) is 47.3 Å². The molecule has 1 aromatic heterocycles. The third-order valence-electron chi connectivity index (χ3n) is 7.23. The van der Waals surface area contributed by atoms with Crippen molar-refractivity contribution in [3.63, 3.8) is 0 Å². The lowest BCUT2D eigenvalue weighted by molar-refractivity contribution is -0.132. The average Bonchev–Trinajstić information content (AvgIpc) is 3.63. The van der Waals surface area contributed by atoms with Crippen LogP contribution in [0.4, 0.5) is 5.13 Å². The SMILES string of the molecule is CCCCOc1ccc(/C(O)=C2/C(=O)C(=O)N(c3nnc(SCc4ccc(C)cc4)s3)C2c2ccc(OCC)c(OC)c2)cc1. The average molecular weight is 646 g/mol. The largest absolute Gasteiger partial charge is 0.507 e. The highest BCUT2D eigenvalue weighted by atomic mass is 32.2. The number of aryl methyl sites for hydroxylation is 1. The molecule has 9 nitrogen and oxygen atoms in total. The Labute approximate surface area is 270 Å². The Morgan fingerprint density at radius 3 is 2.42 bits per heavy atom. The zero-order valence-electron chi connectivity index (χ0n) is 25.6. The highest BCUT2D eigenvalue weighted by Crippen LogP contribution is 2.45. The number of aliphatic hydroxyl groups excluding tert-OH is 1. The van der Waals surface area contributed by atoms with Gasteiger partial charge < -0.3 is 19.3 Å². The van der Waals surface area contributed by atoms with E-state index in [1.807, 2.05) is 13.8 Å². The van der Waals surface area contributed by atoms with E-state index >= 15 is 0 Å². The molecule has 45 heavy (non-hydrogen) atoms. The number of hydrogen-bond acceptors (Lipinski definition) is 10. The molecule has 1 fully saturated rings. The van der Waals surface area contributed by atoms with E-state index in [-0.39, 0.29) is 16.5 Å². The first-order valence-electron chi connectivity index (χ1n) is 14.7. The van der Waals surface area contributed by atoms with E-state index in [2.05, 4.69) is 41.4 Å². The van der Waals surface area contributed by atoms with Crippen molar-refractivity contribution in [1.82, 2.24) is 10.2 Å². The molecular formula is C34H35N3O6S2. The number of nitrogens with zero attached hydrogens (tertiary/aromatic N) is 3. The first-order valence-corrected chi connectivity index (χ1v) is 16.5. The monoisotopic (exact) mass is 645 g/mol. The molecule has 1 unspecified atom stereocenters. The van der Waals surface area contributed by atoms with E-state index in [0.717, 1.165) is 18.4 Å². The molecule has 4 aromatic rings. The molecular weight excluding hydrogens is 611 g/mol. The van der Waals surface area contributed by atoms with Crippen LogP contribution in [0, 0.1) is 6.92 Å². The molecule has 5 rings (SSSR count). The standard InChI is InChI=1S/C34H35N3O6S2/c1-5-7-18-43-25-15-12-23(13-16-25)30(38)28-29(24-14-17-26(42-6-2)27(19-24)41-4)37(32(40)31(28)39)33-35-36-34(45-33)44-20-22-10-8-21(3)9-11-22/h8-17,19,29,38H,5-7,18,20H2,1-4H3/b30-28-. The van der Waals surface area contributed by atoms with Crippen LogP contribution in [0.15, 0.2) is 76.6 Å². The molecule has 3 aromatic carbocycles. The van der Waals surface area contributed by atoms with Crippen LogP contribution in [0.3, 0.4) is 0 Å². The van der Waals surface area contributed by atoms with Gasteiger partial charge in [-0.25, -0.2) is 0 Å². The van der Waals surface area contributed by atoms with Gasteiger partial charge in [0.25, 0.3) is 5.78 Å². The van der Waals surface area contributed by atoms with Crippen LogP contribution >= 0.6 is 23.1 Å². The summed E-state index contributed by atoms with van der Waals surface area (Å²) >= 11 is 2.71. The summed E-state index contributed by atoms with van der Waals surface area (Å²) < 4.78 is 17.7. The zero-order chi connectivity index (χ0) is 31.9. The molecule has 1 aliphatic heterocycles. The lowest BCUT2D eigenvalue weighted by Crippen LogP contribution is -2.29. The van der Waals surface area contributed by atoms with Crippen molar-refractivity contribution in [3.05, 3.63) is 94.6 Å². The molecule has 1 aliphatic rings. The van der Waals surface area contributed by atoms with Gasteiger partial charge in [-0.1, -0.05) is 72.3 Å². The molecule has 1 atom stereocenters. The van der Waals surface area contributed by atoms with E-state index in [1.54, 1.807) is 42.5 Å². The van der Waals surface area contributed by atoms with Crippen LogP contribution < -0.4 is 19.1 Å². The minimum Gasteiger partial charge on any atom is -0.507 e. The van der Waals surface area contributed by atoms with Gasteiger partial charge in [-0.05, 0) is 67.8 Å². The molecule has 0 radical (unpaired) electrons. The third-order valence-corrected chi connectivity index (χ3v) is 9.35. The van der Waals surface area contributed by atoms with E-state index in [1.165, 1.54) is 40.7 Å². The molecule has 2 heterocycles. The third kappa shape index (κ3) is 7.15. The van der Waals surface area contributed by atoms with E-state index < -0.39 is 17.7 Å². The number of benzene rings is 3. The number of hydrogen-bond donors (Lipinski definition) is 1. The maximum atomic E-state index is 13.7. The van der Waals surface area contributed by atoms with Crippen molar-refractivity contribution in [3.8, 4) is 17.2 Å². The van der Waals surface area contributed by atoms with Gasteiger partial charge in [0.05, 0.1) is 31.9 Å². The zero-order valence-corrected chi connectivity index (χ0v) is 27.2. The summed E-state index contributed by atoms with van der Waals surface area (Å²) in [6, 6.07) is 19.2. The summed E-state index contributed by atoms with van der Waals surface area (Å²) in [6.07, 6.45) is 1.94. The lowest BCUT2D eigenvalue weighted by Gasteiger charge is -2.23. The lowest BCUT2D eigenvalue weighted by atomic mass is 9.95. The second-order valence-corrected chi connectivity index (χ2v) is 12.5. The first-order chi connectivity index (χ1) is 21.8. The summed E-state index contributed by atoms with van der Waals surface area (Å²) in [6.45, 7) is 7.01. The number of methoxy groups -OCH3 is 1. The van der Waals surface area contributed by atoms with Crippen LogP contribution in [0.5, 0.6) is 17.2 Å². The highest BCUT2D eigenvalue weighted by molar-refractivity contribution is 8.00. The van der Waals surface area contributed by atoms with Crippen molar-refractivity contribution in [2.24, 2.45) is 0 Å². The Balaban J connectivity index is 1.53. The van der Waals surface area contributed by atoms with Gasteiger partial charge in [0.1, 0.15) is 11.5 Å². The van der Waals surface area contributed by atoms with Crippen LogP contribution in [0.2, 0.25) is 0 Å². The fourth-order valence-corrected chi connectivity index (χ4v) is 6.68.